The molecule has 0 saturated heterocycles. The largest absolute Gasteiger partial charge is 0.494 e. The lowest BCUT2D eigenvalue weighted by Gasteiger charge is -2.28. The van der Waals surface area contributed by atoms with Crippen LogP contribution >= 0.6 is 39.3 Å². The third kappa shape index (κ3) is 5.63. The second-order valence-electron chi connectivity index (χ2n) is 9.26. The highest BCUT2D eigenvalue weighted by Crippen LogP contribution is 2.38. The Morgan fingerprint density at radius 1 is 1.13 bits per heavy atom. The number of hydrogen-bond donors (Lipinski definition) is 0. The maximum absolute atomic E-state index is 14.3. The van der Waals surface area contributed by atoms with Crippen LogP contribution in [-0.2, 0) is 15.9 Å². The van der Waals surface area contributed by atoms with E-state index in [9.17, 15) is 9.18 Å². The zero-order valence-electron chi connectivity index (χ0n) is 21.6. The minimum atomic E-state index is -0.486. The molecule has 198 valence electrons. The van der Waals surface area contributed by atoms with Crippen molar-refractivity contribution in [1.82, 2.24) is 9.55 Å². The van der Waals surface area contributed by atoms with Gasteiger partial charge in [0.25, 0.3) is 0 Å². The molecule has 0 amide bonds. The lowest BCUT2D eigenvalue weighted by atomic mass is 9.81. The second-order valence-corrected chi connectivity index (χ2v) is 11.5. The van der Waals surface area contributed by atoms with Gasteiger partial charge in [0.2, 0.25) is 0 Å². The van der Waals surface area contributed by atoms with Crippen molar-refractivity contribution < 1.29 is 18.7 Å². The number of esters is 1. The summed E-state index contributed by atoms with van der Waals surface area (Å²) in [4.78, 5) is 16.9. The molecule has 0 aliphatic heterocycles. The van der Waals surface area contributed by atoms with Crippen molar-refractivity contribution in [1.29, 1.82) is 0 Å². The summed E-state index contributed by atoms with van der Waals surface area (Å²) in [7, 11) is 2.80. The van der Waals surface area contributed by atoms with E-state index in [1.807, 2.05) is 42.0 Å². The third-order valence-corrected chi connectivity index (χ3v) is 8.58. The van der Waals surface area contributed by atoms with Gasteiger partial charge in [0.15, 0.2) is 16.7 Å². The molecule has 1 heterocycles. The summed E-state index contributed by atoms with van der Waals surface area (Å²) in [5, 5.41) is 1.40. The number of ether oxygens (including phenoxy) is 2. The van der Waals surface area contributed by atoms with E-state index in [1.165, 1.54) is 32.0 Å². The van der Waals surface area contributed by atoms with Crippen molar-refractivity contribution in [2.24, 2.45) is 0 Å². The average molecular weight is 618 g/mol. The molecule has 1 aromatic heterocycles. The summed E-state index contributed by atoms with van der Waals surface area (Å²) in [6, 6.07) is 16.4. The lowest BCUT2D eigenvalue weighted by molar-refractivity contribution is 0.0599. The molecule has 3 aromatic carbocycles. The average Bonchev–Trinajstić information content (AvgIpc) is 3.34. The molecule has 0 spiro atoms. The zero-order chi connectivity index (χ0) is 27.6. The Kier molecular flexibility index (Phi) is 8.55. The topological polar surface area (TPSA) is 53.3 Å². The minimum absolute atomic E-state index is 0.143. The quantitative estimate of drug-likeness (QED) is 0.148. The van der Waals surface area contributed by atoms with Crippen LogP contribution in [0, 0.1) is 12.7 Å². The number of methoxy groups -OCH3 is 2. The Balaban J connectivity index is 1.79. The van der Waals surface area contributed by atoms with Gasteiger partial charge in [-0.2, -0.15) is 0 Å². The normalized spacial score (nSPS) is 11.5. The van der Waals surface area contributed by atoms with Crippen molar-refractivity contribution in [2.75, 3.05) is 14.2 Å². The molecule has 5 nitrogen and oxygen atoms in total. The van der Waals surface area contributed by atoms with Crippen LogP contribution in [-0.4, -0.2) is 29.7 Å². The zero-order valence-corrected chi connectivity index (χ0v) is 24.8. The van der Waals surface area contributed by atoms with Gasteiger partial charge < -0.3 is 9.47 Å². The smallest absolute Gasteiger partial charge is 0.339 e. The fraction of sp³-hybridized carbons (Fsp3) is 0.241. The van der Waals surface area contributed by atoms with Crippen LogP contribution in [0.2, 0.25) is 5.02 Å². The first-order valence-corrected chi connectivity index (χ1v) is 13.9. The van der Waals surface area contributed by atoms with E-state index in [0.717, 1.165) is 28.1 Å². The van der Waals surface area contributed by atoms with Crippen molar-refractivity contribution >= 4 is 45.3 Å². The SMILES string of the molecule is COC(=O)c1cc(CSc2ncc(C(C)(C)c3ccc(C)c(Cl)c3)n2-c2ccc(F)c(OC)c2)ccc1Br. The van der Waals surface area contributed by atoms with Crippen LogP contribution < -0.4 is 4.74 Å². The first kappa shape index (κ1) is 28.2. The molecule has 0 aliphatic carbocycles. The molecule has 0 fully saturated rings. The molecule has 0 bridgehead atoms. The Bertz CT molecular complexity index is 1510. The minimum Gasteiger partial charge on any atom is -0.494 e. The number of imidazole rings is 1. The Hall–Kier alpha value is -2.81. The number of hydrogen-bond acceptors (Lipinski definition) is 5. The molecule has 0 unspecified atom stereocenters. The molecule has 38 heavy (non-hydrogen) atoms. The van der Waals surface area contributed by atoms with Gasteiger partial charge in [-0.3, -0.25) is 4.57 Å². The van der Waals surface area contributed by atoms with Crippen molar-refractivity contribution in [2.45, 2.75) is 37.1 Å². The van der Waals surface area contributed by atoms with Crippen LogP contribution in [0.3, 0.4) is 0 Å². The molecular weight excluding hydrogens is 591 g/mol. The number of benzene rings is 3. The first-order chi connectivity index (χ1) is 18.1. The molecule has 0 N–H and O–H groups in total. The fourth-order valence-electron chi connectivity index (χ4n) is 4.12. The van der Waals surface area contributed by atoms with E-state index in [2.05, 4.69) is 35.8 Å². The molecule has 0 atom stereocenters. The van der Waals surface area contributed by atoms with Crippen LogP contribution in [0.15, 0.2) is 70.4 Å². The fourth-order valence-corrected chi connectivity index (χ4v) is 5.65. The highest BCUT2D eigenvalue weighted by atomic mass is 79.9. The van der Waals surface area contributed by atoms with Crippen LogP contribution in [0.25, 0.3) is 5.69 Å². The maximum Gasteiger partial charge on any atom is 0.339 e. The maximum atomic E-state index is 14.3. The number of carbonyl (C=O) groups is 1. The number of halogens is 3. The monoisotopic (exact) mass is 616 g/mol. The van der Waals surface area contributed by atoms with Gasteiger partial charge in [-0.15, -0.1) is 0 Å². The Morgan fingerprint density at radius 2 is 1.89 bits per heavy atom. The Labute approximate surface area is 239 Å². The van der Waals surface area contributed by atoms with Gasteiger partial charge in [-0.25, -0.2) is 14.2 Å². The van der Waals surface area contributed by atoms with Crippen molar-refractivity contribution in [3.8, 4) is 11.4 Å². The predicted octanol–water partition coefficient (Wildman–Crippen LogP) is 8.15. The number of rotatable bonds is 8. The van der Waals surface area contributed by atoms with Crippen molar-refractivity contribution in [3.05, 3.63) is 104 Å². The molecule has 0 saturated carbocycles. The Morgan fingerprint density at radius 3 is 2.58 bits per heavy atom. The lowest BCUT2D eigenvalue weighted by Crippen LogP contribution is -2.23. The summed E-state index contributed by atoms with van der Waals surface area (Å²) in [5.74, 6) is -0.167. The summed E-state index contributed by atoms with van der Waals surface area (Å²) in [6.07, 6.45) is 1.84. The molecule has 4 rings (SSSR count). The van der Waals surface area contributed by atoms with Crippen molar-refractivity contribution in [3.63, 3.8) is 0 Å². The number of aromatic nitrogens is 2. The van der Waals surface area contributed by atoms with E-state index in [-0.39, 0.29) is 5.75 Å². The second kappa shape index (κ2) is 11.5. The van der Waals surface area contributed by atoms with Gasteiger partial charge in [-0.05, 0) is 69.9 Å². The number of aryl methyl sites for hydroxylation is 1. The van der Waals surface area contributed by atoms with E-state index in [1.54, 1.807) is 18.2 Å². The van der Waals surface area contributed by atoms with Gasteiger partial charge in [0.1, 0.15) is 0 Å². The van der Waals surface area contributed by atoms with Gasteiger partial charge >= 0.3 is 5.97 Å². The van der Waals surface area contributed by atoms with E-state index < -0.39 is 17.2 Å². The standard InChI is InChI=1S/C29H27BrClFN2O3S/c1-17-6-8-19(13-23(17)31)29(2,3)26-15-33-28(34(26)20-9-11-24(32)25(14-20)36-4)38-16-18-7-10-22(30)21(12-18)27(35)37-5/h6-15H,16H2,1-5H3. The molecule has 0 radical (unpaired) electrons. The number of nitrogens with zero attached hydrogens (tertiary/aromatic N) is 2. The highest BCUT2D eigenvalue weighted by molar-refractivity contribution is 9.10. The first-order valence-electron chi connectivity index (χ1n) is 11.7. The van der Waals surface area contributed by atoms with Gasteiger partial charge in [0.05, 0.1) is 37.4 Å². The van der Waals surface area contributed by atoms with Crippen LogP contribution in [0.4, 0.5) is 4.39 Å². The summed E-state index contributed by atoms with van der Waals surface area (Å²) in [5.41, 5.74) is 4.54. The molecule has 0 aliphatic rings. The van der Waals surface area contributed by atoms with Gasteiger partial charge in [0, 0.05) is 26.7 Å². The summed E-state index contributed by atoms with van der Waals surface area (Å²) < 4.78 is 27.2. The molecular formula is C29H27BrClFN2O3S. The van der Waals surface area contributed by atoms with Gasteiger partial charge in [-0.1, -0.05) is 55.4 Å². The van der Waals surface area contributed by atoms with E-state index in [4.69, 9.17) is 26.1 Å². The van der Waals surface area contributed by atoms with Crippen LogP contribution in [0.1, 0.15) is 46.6 Å². The number of carbonyl (C=O) groups excluding carboxylic acids is 1. The number of thioether (sulfide) groups is 1. The van der Waals surface area contributed by atoms with Crippen LogP contribution in [0.5, 0.6) is 5.75 Å². The summed E-state index contributed by atoms with van der Waals surface area (Å²) in [6.45, 7) is 6.18. The third-order valence-electron chi connectivity index (χ3n) is 6.46. The highest BCUT2D eigenvalue weighted by Gasteiger charge is 2.30. The summed E-state index contributed by atoms with van der Waals surface area (Å²) >= 11 is 11.4. The predicted molar refractivity (Wildman–Crippen MR) is 153 cm³/mol. The van der Waals surface area contributed by atoms with E-state index >= 15 is 0 Å². The molecule has 4 aromatic rings. The van der Waals surface area contributed by atoms with E-state index in [0.29, 0.717) is 26.0 Å². The molecule has 9 heteroatoms.